The number of hydrogen-bond acceptors (Lipinski definition) is 11. The lowest BCUT2D eigenvalue weighted by molar-refractivity contribution is -0.187. The Hall–Kier alpha value is -2.38. The molecule has 2 aromatic rings. The second kappa shape index (κ2) is 22.1. The van der Waals surface area contributed by atoms with Crippen molar-refractivity contribution in [2.75, 3.05) is 37.8 Å². The van der Waals surface area contributed by atoms with Gasteiger partial charge in [-0.25, -0.2) is 9.98 Å². The number of nitrogens with zero attached hydrogens (tertiary/aromatic N) is 4. The summed E-state index contributed by atoms with van der Waals surface area (Å²) in [6.45, 7) is 14.6. The molecule has 9 nitrogen and oxygen atoms in total. The minimum atomic E-state index is -0.725. The van der Waals surface area contributed by atoms with E-state index in [4.69, 9.17) is 23.7 Å². The van der Waals surface area contributed by atoms with Gasteiger partial charge >= 0.3 is 0 Å². The molecule has 11 heteroatoms. The highest BCUT2D eigenvalue weighted by atomic mass is 32.2. The SMILES string of the molecule is CCCCCCCCSC1(c2ccc([C@H](O[C@@H](c3ccc(C4(SCCCCCCCC)C=NC=NC4)cc3)C3COC(C)(C)O3)C3COC(C)(C)O3)cc2)C=NC=NC1. The van der Waals surface area contributed by atoms with E-state index in [2.05, 4.69) is 94.8 Å². The molecule has 324 valence electrons. The van der Waals surface area contributed by atoms with Crippen molar-refractivity contribution in [3.8, 4) is 0 Å². The molecule has 0 aliphatic carbocycles. The quantitative estimate of drug-likeness (QED) is 0.0971. The van der Waals surface area contributed by atoms with Crippen LogP contribution in [0.4, 0.5) is 0 Å². The molecule has 4 heterocycles. The van der Waals surface area contributed by atoms with Crippen molar-refractivity contribution in [2.45, 2.75) is 164 Å². The van der Waals surface area contributed by atoms with Crippen LogP contribution in [-0.4, -0.2) is 86.7 Å². The second-order valence-corrected chi connectivity index (χ2v) is 20.3. The number of benzene rings is 2. The third-order valence-electron chi connectivity index (χ3n) is 11.7. The molecule has 0 bridgehead atoms. The van der Waals surface area contributed by atoms with Crippen LogP contribution < -0.4 is 0 Å². The summed E-state index contributed by atoms with van der Waals surface area (Å²) in [4.78, 5) is 18.4. The van der Waals surface area contributed by atoms with Gasteiger partial charge in [0.1, 0.15) is 37.1 Å². The standard InChI is InChI=1S/C48H70N4O5S2/c1-7-9-11-13-15-17-27-58-47(31-49-35-50-32-47)39-23-19-37(20-24-39)43(41-29-53-45(3,4)56-41)55-44(42-30-54-46(5,6)57-42)38-21-25-40(26-22-38)48(33-51-36-52-34-48)59-28-18-16-14-12-10-8-2/h19-26,31,33,35-36,41-44H,7-18,27-30,32,34H2,1-6H3/t41?,42?,43-,44-,47?,48?/m0/s1. The van der Waals surface area contributed by atoms with Crippen molar-refractivity contribution in [2.24, 2.45) is 20.0 Å². The van der Waals surface area contributed by atoms with Gasteiger partial charge in [-0.2, -0.15) is 0 Å². The van der Waals surface area contributed by atoms with Gasteiger partial charge in [-0.1, -0.05) is 127 Å². The van der Waals surface area contributed by atoms with E-state index in [0.29, 0.717) is 26.3 Å². The first-order valence-corrected chi connectivity index (χ1v) is 24.4. The summed E-state index contributed by atoms with van der Waals surface area (Å²) in [5, 5.41) is 0. The Labute approximate surface area is 363 Å². The van der Waals surface area contributed by atoms with Gasteiger partial charge in [0.05, 0.1) is 35.8 Å². The van der Waals surface area contributed by atoms with Gasteiger partial charge in [0.25, 0.3) is 0 Å². The van der Waals surface area contributed by atoms with E-state index in [-0.39, 0.29) is 21.7 Å². The first-order valence-electron chi connectivity index (χ1n) is 22.4. The average Bonchev–Trinajstić information content (AvgIpc) is 3.80. The smallest absolute Gasteiger partial charge is 0.163 e. The molecule has 0 radical (unpaired) electrons. The van der Waals surface area contributed by atoms with E-state index in [1.807, 2.05) is 51.2 Å². The molecular weight excluding hydrogens is 777 g/mol. The van der Waals surface area contributed by atoms with Crippen LogP contribution in [0.3, 0.4) is 0 Å². The first kappa shape index (κ1) is 46.1. The van der Waals surface area contributed by atoms with Gasteiger partial charge < -0.3 is 23.7 Å². The molecule has 0 amide bonds. The Morgan fingerprint density at radius 2 is 0.966 bits per heavy atom. The zero-order chi connectivity index (χ0) is 41.6. The topological polar surface area (TPSA) is 95.6 Å². The van der Waals surface area contributed by atoms with Crippen molar-refractivity contribution < 1.29 is 23.7 Å². The highest BCUT2D eigenvalue weighted by Crippen LogP contribution is 2.44. The predicted molar refractivity (Wildman–Crippen MR) is 248 cm³/mol. The minimum Gasteiger partial charge on any atom is -0.360 e. The summed E-state index contributed by atoms with van der Waals surface area (Å²) in [5.41, 5.74) is 4.43. The van der Waals surface area contributed by atoms with Gasteiger partial charge in [0.15, 0.2) is 11.6 Å². The summed E-state index contributed by atoms with van der Waals surface area (Å²) in [6, 6.07) is 17.7. The first-order chi connectivity index (χ1) is 28.6. The van der Waals surface area contributed by atoms with E-state index in [0.717, 1.165) is 22.6 Å². The summed E-state index contributed by atoms with van der Waals surface area (Å²) in [5.74, 6) is 0.695. The average molecular weight is 847 g/mol. The van der Waals surface area contributed by atoms with Crippen LogP contribution in [0.25, 0.3) is 0 Å². The number of hydrogen-bond donors (Lipinski definition) is 0. The molecule has 2 saturated heterocycles. The van der Waals surface area contributed by atoms with Crippen LogP contribution in [0.1, 0.15) is 153 Å². The number of thioether (sulfide) groups is 2. The minimum absolute atomic E-state index is 0.300. The Balaban J connectivity index is 1.24. The fourth-order valence-corrected chi connectivity index (χ4v) is 11.0. The van der Waals surface area contributed by atoms with Gasteiger partial charge in [-0.3, -0.25) is 9.98 Å². The zero-order valence-electron chi connectivity index (χ0n) is 36.6. The molecule has 6 rings (SSSR count). The summed E-state index contributed by atoms with van der Waals surface area (Å²) < 4.78 is 32.2. The number of aliphatic imine (C=N–C) groups is 4. The monoisotopic (exact) mass is 846 g/mol. The molecule has 2 fully saturated rings. The van der Waals surface area contributed by atoms with Crippen LogP contribution >= 0.6 is 23.5 Å². The van der Waals surface area contributed by atoms with Crippen molar-refractivity contribution in [3.05, 3.63) is 70.8 Å². The van der Waals surface area contributed by atoms with E-state index >= 15 is 0 Å². The van der Waals surface area contributed by atoms with Crippen LogP contribution in [0.2, 0.25) is 0 Å². The molecule has 4 aliphatic heterocycles. The van der Waals surface area contributed by atoms with E-state index in [1.54, 1.807) is 12.7 Å². The van der Waals surface area contributed by atoms with Crippen LogP contribution in [-0.2, 0) is 33.2 Å². The molecule has 0 N–H and O–H groups in total. The van der Waals surface area contributed by atoms with Crippen LogP contribution in [0.5, 0.6) is 0 Å². The van der Waals surface area contributed by atoms with E-state index < -0.39 is 23.8 Å². The Morgan fingerprint density at radius 3 is 1.31 bits per heavy atom. The lowest BCUT2D eigenvalue weighted by Crippen LogP contribution is -2.33. The molecule has 4 unspecified atom stereocenters. The molecule has 4 aliphatic rings. The van der Waals surface area contributed by atoms with Crippen molar-refractivity contribution in [1.29, 1.82) is 0 Å². The molecular formula is C48H70N4O5S2. The summed E-state index contributed by atoms with van der Waals surface area (Å²) in [7, 11) is 0. The molecule has 0 aromatic heterocycles. The maximum Gasteiger partial charge on any atom is 0.163 e. The van der Waals surface area contributed by atoms with Gasteiger partial charge in [0, 0.05) is 12.4 Å². The van der Waals surface area contributed by atoms with E-state index in [1.165, 1.54) is 88.2 Å². The molecule has 59 heavy (non-hydrogen) atoms. The maximum atomic E-state index is 7.32. The second-order valence-electron chi connectivity index (χ2n) is 17.4. The van der Waals surface area contributed by atoms with Crippen molar-refractivity contribution >= 4 is 48.6 Å². The molecule has 0 spiro atoms. The largest absolute Gasteiger partial charge is 0.360 e. The number of unbranched alkanes of at least 4 members (excludes halogenated alkanes) is 10. The molecule has 2 aromatic carbocycles. The zero-order valence-corrected chi connectivity index (χ0v) is 38.2. The van der Waals surface area contributed by atoms with E-state index in [9.17, 15) is 0 Å². The lowest BCUT2D eigenvalue weighted by atomic mass is 9.94. The Morgan fingerprint density at radius 1 is 0.576 bits per heavy atom. The summed E-state index contributed by atoms with van der Waals surface area (Å²) >= 11 is 3.92. The van der Waals surface area contributed by atoms with Crippen LogP contribution in [0, 0.1) is 0 Å². The third-order valence-corrected chi connectivity index (χ3v) is 14.7. The predicted octanol–water partition coefficient (Wildman–Crippen LogP) is 11.6. The summed E-state index contributed by atoms with van der Waals surface area (Å²) in [6.07, 6.45) is 21.3. The Kier molecular flexibility index (Phi) is 17.3. The van der Waals surface area contributed by atoms with Crippen molar-refractivity contribution in [3.63, 3.8) is 0 Å². The maximum absolute atomic E-state index is 7.32. The fraction of sp³-hybridized carbons (Fsp3) is 0.667. The van der Waals surface area contributed by atoms with Crippen LogP contribution in [0.15, 0.2) is 68.5 Å². The van der Waals surface area contributed by atoms with Gasteiger partial charge in [-0.05, 0) is 74.3 Å². The number of ether oxygens (including phenoxy) is 5. The molecule has 6 atom stereocenters. The normalized spacial score (nSPS) is 26.7. The van der Waals surface area contributed by atoms with Crippen molar-refractivity contribution in [1.82, 2.24) is 0 Å². The highest BCUT2D eigenvalue weighted by molar-refractivity contribution is 8.01. The third kappa shape index (κ3) is 12.8. The molecule has 0 saturated carbocycles. The van der Waals surface area contributed by atoms with Gasteiger partial charge in [0.2, 0.25) is 0 Å². The Bertz CT molecular complexity index is 1580. The fourth-order valence-electron chi connectivity index (χ4n) is 8.33. The highest BCUT2D eigenvalue weighted by Gasteiger charge is 2.45. The number of rotatable bonds is 24. The lowest BCUT2D eigenvalue weighted by Gasteiger charge is -2.34. The van der Waals surface area contributed by atoms with Gasteiger partial charge in [-0.15, -0.1) is 23.5 Å².